The van der Waals surface area contributed by atoms with Gasteiger partial charge in [-0.1, -0.05) is 31.2 Å². The molecule has 1 saturated heterocycles. The monoisotopic (exact) mass is 455 g/mol. The van der Waals surface area contributed by atoms with Crippen LogP contribution >= 0.6 is 0 Å². The average Bonchev–Trinajstić information content (AvgIpc) is 2.77. The molecule has 168 valence electrons. The summed E-state index contributed by atoms with van der Waals surface area (Å²) >= 11 is 0. The molecule has 0 N–H and O–H groups in total. The van der Waals surface area contributed by atoms with E-state index >= 15 is 0 Å². The highest BCUT2D eigenvalue weighted by Crippen LogP contribution is 2.33. The highest BCUT2D eigenvalue weighted by Gasteiger charge is 2.34. The van der Waals surface area contributed by atoms with Crippen molar-refractivity contribution >= 4 is 21.6 Å². The molecule has 1 aliphatic heterocycles. The summed E-state index contributed by atoms with van der Waals surface area (Å²) in [4.78, 5) is 16.5. The third-order valence-corrected chi connectivity index (χ3v) is 7.03. The van der Waals surface area contributed by atoms with E-state index in [-0.39, 0.29) is 10.6 Å². The number of anilines is 1. The maximum absolute atomic E-state index is 13.3. The van der Waals surface area contributed by atoms with Crippen molar-refractivity contribution in [2.45, 2.75) is 18.0 Å². The fourth-order valence-electron chi connectivity index (χ4n) is 3.41. The number of nitrogens with zero attached hydrogens (tertiary/aromatic N) is 3. The van der Waals surface area contributed by atoms with E-state index in [9.17, 15) is 26.4 Å². The summed E-state index contributed by atoms with van der Waals surface area (Å²) in [6, 6.07) is 11.4. The van der Waals surface area contributed by atoms with E-state index in [0.29, 0.717) is 26.2 Å². The standard InChI is InChI=1S/C21H24F3N3O3S/c1-2-25-11-13-26(14-12-25)20(28)16-27(31(29,30)19-9-4-3-5-10-19)18-8-6-7-17(15-18)21(22,23)24/h3-10,15H,2,11-14,16H2,1H3. The molecule has 1 aliphatic rings. The molecule has 0 atom stereocenters. The maximum Gasteiger partial charge on any atom is 0.416 e. The van der Waals surface area contributed by atoms with E-state index in [1.807, 2.05) is 6.92 Å². The number of alkyl halides is 3. The van der Waals surface area contributed by atoms with Gasteiger partial charge >= 0.3 is 6.18 Å². The first-order chi connectivity index (χ1) is 14.6. The van der Waals surface area contributed by atoms with Gasteiger partial charge in [-0.3, -0.25) is 9.10 Å². The molecular weight excluding hydrogens is 431 g/mol. The van der Waals surface area contributed by atoms with Crippen LogP contribution < -0.4 is 4.31 Å². The molecule has 0 unspecified atom stereocenters. The summed E-state index contributed by atoms with van der Waals surface area (Å²) in [5.41, 5.74) is -1.19. The molecule has 2 aromatic carbocycles. The predicted octanol–water partition coefficient (Wildman–Crippen LogP) is 3.06. The molecule has 0 radical (unpaired) electrons. The van der Waals surface area contributed by atoms with Crippen LogP contribution in [0.3, 0.4) is 0 Å². The van der Waals surface area contributed by atoms with Crippen molar-refractivity contribution in [2.75, 3.05) is 43.6 Å². The molecule has 2 aromatic rings. The second-order valence-corrected chi connectivity index (χ2v) is 9.05. The van der Waals surface area contributed by atoms with E-state index in [1.165, 1.54) is 30.3 Å². The van der Waals surface area contributed by atoms with Crippen LogP contribution in [0.15, 0.2) is 59.5 Å². The Hall–Kier alpha value is -2.59. The van der Waals surface area contributed by atoms with Gasteiger partial charge in [-0.05, 0) is 36.9 Å². The number of benzene rings is 2. The van der Waals surface area contributed by atoms with Gasteiger partial charge in [0.1, 0.15) is 6.54 Å². The van der Waals surface area contributed by atoms with Crippen LogP contribution in [0.2, 0.25) is 0 Å². The third kappa shape index (κ3) is 5.37. The lowest BCUT2D eigenvalue weighted by molar-refractivity contribution is -0.137. The zero-order valence-corrected chi connectivity index (χ0v) is 17.9. The van der Waals surface area contributed by atoms with Gasteiger partial charge in [0, 0.05) is 26.2 Å². The Morgan fingerprint density at radius 3 is 2.23 bits per heavy atom. The first kappa shape index (κ1) is 23.1. The van der Waals surface area contributed by atoms with Crippen molar-refractivity contribution in [1.29, 1.82) is 0 Å². The fraction of sp³-hybridized carbons (Fsp3) is 0.381. The van der Waals surface area contributed by atoms with E-state index in [1.54, 1.807) is 11.0 Å². The molecule has 1 fully saturated rings. The second kappa shape index (κ2) is 9.27. The summed E-state index contributed by atoms with van der Waals surface area (Å²) < 4.78 is 67.0. The quantitative estimate of drug-likeness (QED) is 0.672. The minimum absolute atomic E-state index is 0.101. The van der Waals surface area contributed by atoms with Gasteiger partial charge in [-0.15, -0.1) is 0 Å². The van der Waals surface area contributed by atoms with E-state index in [4.69, 9.17) is 0 Å². The third-order valence-electron chi connectivity index (χ3n) is 5.24. The molecule has 0 spiro atoms. The molecule has 0 bridgehead atoms. The largest absolute Gasteiger partial charge is 0.416 e. The number of amides is 1. The van der Waals surface area contributed by atoms with Crippen molar-refractivity contribution in [3.05, 3.63) is 60.2 Å². The first-order valence-corrected chi connectivity index (χ1v) is 11.3. The number of rotatable bonds is 6. The number of hydrogen-bond donors (Lipinski definition) is 0. The van der Waals surface area contributed by atoms with Crippen molar-refractivity contribution in [3.63, 3.8) is 0 Å². The minimum atomic E-state index is -4.64. The van der Waals surface area contributed by atoms with Crippen LogP contribution in [0.5, 0.6) is 0 Å². The molecule has 3 rings (SSSR count). The Balaban J connectivity index is 1.95. The maximum atomic E-state index is 13.3. The number of carbonyl (C=O) groups is 1. The van der Waals surface area contributed by atoms with Gasteiger partial charge in [-0.2, -0.15) is 13.2 Å². The molecule has 31 heavy (non-hydrogen) atoms. The SMILES string of the molecule is CCN1CCN(C(=O)CN(c2cccc(C(F)(F)F)c2)S(=O)(=O)c2ccccc2)CC1. The lowest BCUT2D eigenvalue weighted by Crippen LogP contribution is -2.51. The number of sulfonamides is 1. The summed E-state index contributed by atoms with van der Waals surface area (Å²) in [6.07, 6.45) is -4.64. The van der Waals surface area contributed by atoms with Crippen LogP contribution in [0.1, 0.15) is 12.5 Å². The van der Waals surface area contributed by atoms with E-state index in [2.05, 4.69) is 4.90 Å². The van der Waals surface area contributed by atoms with Crippen LogP contribution in [0.4, 0.5) is 18.9 Å². The average molecular weight is 456 g/mol. The number of halogens is 3. The van der Waals surface area contributed by atoms with Crippen LogP contribution in [0.25, 0.3) is 0 Å². The highest BCUT2D eigenvalue weighted by atomic mass is 32.2. The zero-order chi connectivity index (χ0) is 22.6. The van der Waals surface area contributed by atoms with Gasteiger partial charge in [0.25, 0.3) is 10.0 Å². The normalized spacial score (nSPS) is 15.7. The Morgan fingerprint density at radius 2 is 1.65 bits per heavy atom. The number of carbonyl (C=O) groups excluding carboxylic acids is 1. The van der Waals surface area contributed by atoms with Gasteiger partial charge in [0.05, 0.1) is 16.1 Å². The molecule has 1 heterocycles. The fourth-order valence-corrected chi connectivity index (χ4v) is 4.84. The Morgan fingerprint density at radius 1 is 1.00 bits per heavy atom. The van der Waals surface area contributed by atoms with Gasteiger partial charge in [0.2, 0.25) is 5.91 Å². The first-order valence-electron chi connectivity index (χ1n) is 9.88. The van der Waals surface area contributed by atoms with Crippen LogP contribution in [-0.2, 0) is 21.0 Å². The Labute approximate surface area is 179 Å². The molecule has 10 heteroatoms. The molecule has 0 saturated carbocycles. The minimum Gasteiger partial charge on any atom is -0.339 e. The second-order valence-electron chi connectivity index (χ2n) is 7.19. The van der Waals surface area contributed by atoms with Crippen LogP contribution in [-0.4, -0.2) is 63.4 Å². The molecule has 6 nitrogen and oxygen atoms in total. The lowest BCUT2D eigenvalue weighted by Gasteiger charge is -2.35. The van der Waals surface area contributed by atoms with Crippen molar-refractivity contribution in [3.8, 4) is 0 Å². The van der Waals surface area contributed by atoms with Gasteiger partial charge in [0.15, 0.2) is 0 Å². The highest BCUT2D eigenvalue weighted by molar-refractivity contribution is 7.92. The van der Waals surface area contributed by atoms with Crippen molar-refractivity contribution in [1.82, 2.24) is 9.80 Å². The molecule has 1 amide bonds. The van der Waals surface area contributed by atoms with Crippen molar-refractivity contribution < 1.29 is 26.4 Å². The van der Waals surface area contributed by atoms with E-state index < -0.39 is 34.2 Å². The predicted molar refractivity (Wildman–Crippen MR) is 111 cm³/mol. The number of hydrogen-bond acceptors (Lipinski definition) is 4. The van der Waals surface area contributed by atoms with Crippen molar-refractivity contribution in [2.24, 2.45) is 0 Å². The summed E-state index contributed by atoms with van der Waals surface area (Å²) in [7, 11) is -4.26. The Kier molecular flexibility index (Phi) is 6.90. The topological polar surface area (TPSA) is 60.9 Å². The van der Waals surface area contributed by atoms with Gasteiger partial charge in [-0.25, -0.2) is 8.42 Å². The summed E-state index contributed by atoms with van der Waals surface area (Å²) in [6.45, 7) is 4.49. The summed E-state index contributed by atoms with van der Waals surface area (Å²) in [5, 5.41) is 0. The van der Waals surface area contributed by atoms with Gasteiger partial charge < -0.3 is 9.80 Å². The number of likely N-dealkylation sites (N-methyl/N-ethyl adjacent to an activating group) is 1. The number of piperazine rings is 1. The molecule has 0 aromatic heterocycles. The molecule has 0 aliphatic carbocycles. The zero-order valence-electron chi connectivity index (χ0n) is 17.0. The summed E-state index contributed by atoms with van der Waals surface area (Å²) in [5.74, 6) is -0.451. The smallest absolute Gasteiger partial charge is 0.339 e. The Bertz CT molecular complexity index is 1010. The lowest BCUT2D eigenvalue weighted by atomic mass is 10.2. The van der Waals surface area contributed by atoms with Crippen LogP contribution in [0, 0.1) is 0 Å². The molecular formula is C21H24F3N3O3S. The van der Waals surface area contributed by atoms with E-state index in [0.717, 1.165) is 29.0 Å².